The second kappa shape index (κ2) is 5.32. The molecule has 2 heterocycles. The maximum absolute atomic E-state index is 12.0. The molecule has 0 aliphatic carbocycles. The summed E-state index contributed by atoms with van der Waals surface area (Å²) in [4.78, 5) is 16.2. The number of aromatic nitrogens is 3. The number of hydrogen-bond acceptors (Lipinski definition) is 4. The molecular weight excluding hydrogens is 256 g/mol. The quantitative estimate of drug-likeness (QED) is 0.913. The fourth-order valence-corrected chi connectivity index (χ4v) is 2.43. The third kappa shape index (κ3) is 2.24. The Morgan fingerprint density at radius 3 is 2.85 bits per heavy atom. The van der Waals surface area contributed by atoms with Crippen LogP contribution < -0.4 is 10.1 Å². The van der Waals surface area contributed by atoms with Crippen molar-refractivity contribution in [3.63, 3.8) is 0 Å². The van der Waals surface area contributed by atoms with Crippen LogP contribution in [-0.2, 0) is 4.79 Å². The maximum Gasteiger partial charge on any atom is 0.230 e. The average Bonchev–Trinajstić information content (AvgIpc) is 2.97. The minimum absolute atomic E-state index is 0.0269. The largest absolute Gasteiger partial charge is 0.497 e. The van der Waals surface area contributed by atoms with Crippen LogP contribution in [0.2, 0.25) is 0 Å². The van der Waals surface area contributed by atoms with E-state index in [0.717, 1.165) is 30.8 Å². The number of methoxy groups -OCH3 is 1. The highest BCUT2D eigenvalue weighted by atomic mass is 16.5. The Kier molecular flexibility index (Phi) is 3.37. The molecule has 104 valence electrons. The van der Waals surface area contributed by atoms with Crippen LogP contribution in [0.25, 0.3) is 5.69 Å². The molecule has 1 aromatic carbocycles. The zero-order valence-corrected chi connectivity index (χ0v) is 11.2. The van der Waals surface area contributed by atoms with E-state index < -0.39 is 0 Å². The summed E-state index contributed by atoms with van der Waals surface area (Å²) in [6.45, 7) is 0.742. The summed E-state index contributed by atoms with van der Waals surface area (Å²) in [7, 11) is 1.63. The average molecular weight is 272 g/mol. The number of piperidine rings is 1. The van der Waals surface area contributed by atoms with Crippen LogP contribution in [0.1, 0.15) is 24.6 Å². The lowest BCUT2D eigenvalue weighted by molar-refractivity contribution is -0.124. The SMILES string of the molecule is COc1ccc(-n2ncnc2C2CCCNC2=O)cc1. The first kappa shape index (κ1) is 12.7. The Labute approximate surface area is 116 Å². The number of rotatable bonds is 3. The molecule has 6 heteroatoms. The van der Waals surface area contributed by atoms with Gasteiger partial charge in [0, 0.05) is 6.54 Å². The van der Waals surface area contributed by atoms with Crippen molar-refractivity contribution in [3.05, 3.63) is 36.4 Å². The fraction of sp³-hybridized carbons (Fsp3) is 0.357. The molecule has 6 nitrogen and oxygen atoms in total. The molecule has 0 bridgehead atoms. The number of ether oxygens (including phenoxy) is 1. The van der Waals surface area contributed by atoms with E-state index in [9.17, 15) is 4.79 Å². The zero-order valence-electron chi connectivity index (χ0n) is 11.2. The Bertz CT molecular complexity index is 606. The Morgan fingerprint density at radius 1 is 1.35 bits per heavy atom. The van der Waals surface area contributed by atoms with E-state index in [0.29, 0.717) is 5.82 Å². The van der Waals surface area contributed by atoms with Crippen molar-refractivity contribution in [2.75, 3.05) is 13.7 Å². The van der Waals surface area contributed by atoms with Crippen molar-refractivity contribution in [1.82, 2.24) is 20.1 Å². The zero-order chi connectivity index (χ0) is 13.9. The van der Waals surface area contributed by atoms with Gasteiger partial charge in [-0.05, 0) is 37.1 Å². The molecule has 0 spiro atoms. The van der Waals surface area contributed by atoms with Gasteiger partial charge in [0.15, 0.2) is 0 Å². The first-order valence-corrected chi connectivity index (χ1v) is 6.61. The molecule has 2 aromatic rings. The van der Waals surface area contributed by atoms with Crippen LogP contribution in [-0.4, -0.2) is 34.3 Å². The topological polar surface area (TPSA) is 69.0 Å². The summed E-state index contributed by atoms with van der Waals surface area (Å²) in [6, 6.07) is 7.53. The van der Waals surface area contributed by atoms with Gasteiger partial charge in [-0.2, -0.15) is 5.10 Å². The number of carbonyl (C=O) groups excluding carboxylic acids is 1. The molecule has 1 atom stereocenters. The van der Waals surface area contributed by atoms with Crippen LogP contribution >= 0.6 is 0 Å². The van der Waals surface area contributed by atoms with Gasteiger partial charge >= 0.3 is 0 Å². The van der Waals surface area contributed by atoms with Gasteiger partial charge in [-0.1, -0.05) is 0 Å². The highest BCUT2D eigenvalue weighted by Gasteiger charge is 2.28. The van der Waals surface area contributed by atoms with E-state index in [4.69, 9.17) is 4.74 Å². The van der Waals surface area contributed by atoms with Crippen molar-refractivity contribution < 1.29 is 9.53 Å². The summed E-state index contributed by atoms with van der Waals surface area (Å²) < 4.78 is 6.86. The number of carbonyl (C=O) groups is 1. The van der Waals surface area contributed by atoms with Crippen LogP contribution in [0.4, 0.5) is 0 Å². The Morgan fingerprint density at radius 2 is 2.15 bits per heavy atom. The predicted molar refractivity (Wildman–Crippen MR) is 72.9 cm³/mol. The van der Waals surface area contributed by atoms with Crippen molar-refractivity contribution in [3.8, 4) is 11.4 Å². The molecule has 1 fully saturated rings. The van der Waals surface area contributed by atoms with Gasteiger partial charge in [0.05, 0.1) is 18.7 Å². The molecule has 1 amide bonds. The first-order chi connectivity index (χ1) is 9.79. The molecule has 0 saturated carbocycles. The van der Waals surface area contributed by atoms with Crippen LogP contribution in [0.3, 0.4) is 0 Å². The van der Waals surface area contributed by atoms with E-state index in [1.54, 1.807) is 11.8 Å². The lowest BCUT2D eigenvalue weighted by Gasteiger charge is -2.21. The second-order valence-electron chi connectivity index (χ2n) is 4.71. The monoisotopic (exact) mass is 272 g/mol. The predicted octanol–water partition coefficient (Wildman–Crippen LogP) is 1.27. The summed E-state index contributed by atoms with van der Waals surface area (Å²) in [6.07, 6.45) is 3.26. The van der Waals surface area contributed by atoms with Crippen molar-refractivity contribution in [2.45, 2.75) is 18.8 Å². The maximum atomic E-state index is 12.0. The van der Waals surface area contributed by atoms with Crippen molar-refractivity contribution in [2.24, 2.45) is 0 Å². The normalized spacial score (nSPS) is 18.6. The van der Waals surface area contributed by atoms with Gasteiger partial charge in [-0.15, -0.1) is 0 Å². The molecular formula is C14H16N4O2. The second-order valence-corrected chi connectivity index (χ2v) is 4.71. The van der Waals surface area contributed by atoms with Gasteiger partial charge in [0.25, 0.3) is 0 Å². The summed E-state index contributed by atoms with van der Waals surface area (Å²) >= 11 is 0. The molecule has 20 heavy (non-hydrogen) atoms. The summed E-state index contributed by atoms with van der Waals surface area (Å²) in [5.74, 6) is 1.27. The third-order valence-corrected chi connectivity index (χ3v) is 3.49. The molecule has 1 aliphatic heterocycles. The minimum atomic E-state index is -0.228. The van der Waals surface area contributed by atoms with E-state index in [1.807, 2.05) is 24.3 Å². The Balaban J connectivity index is 1.94. The van der Waals surface area contributed by atoms with Gasteiger partial charge in [-0.3, -0.25) is 4.79 Å². The van der Waals surface area contributed by atoms with Crippen LogP contribution in [0.5, 0.6) is 5.75 Å². The van der Waals surface area contributed by atoms with Crippen molar-refractivity contribution in [1.29, 1.82) is 0 Å². The molecule has 1 unspecified atom stereocenters. The highest BCUT2D eigenvalue weighted by molar-refractivity contribution is 5.83. The highest BCUT2D eigenvalue weighted by Crippen LogP contribution is 2.24. The van der Waals surface area contributed by atoms with E-state index in [2.05, 4.69) is 15.4 Å². The first-order valence-electron chi connectivity index (χ1n) is 6.61. The van der Waals surface area contributed by atoms with Gasteiger partial charge < -0.3 is 10.1 Å². The molecule has 1 N–H and O–H groups in total. The molecule has 3 rings (SSSR count). The van der Waals surface area contributed by atoms with Crippen molar-refractivity contribution >= 4 is 5.91 Å². The van der Waals surface area contributed by atoms with Crippen LogP contribution in [0, 0.1) is 0 Å². The summed E-state index contributed by atoms with van der Waals surface area (Å²) in [5.41, 5.74) is 0.872. The molecule has 1 aromatic heterocycles. The number of hydrogen-bond donors (Lipinski definition) is 1. The van der Waals surface area contributed by atoms with Crippen LogP contribution in [0.15, 0.2) is 30.6 Å². The number of amides is 1. The summed E-state index contributed by atoms with van der Waals surface area (Å²) in [5, 5.41) is 7.11. The van der Waals surface area contributed by atoms with Gasteiger partial charge in [-0.25, -0.2) is 9.67 Å². The molecule has 0 radical (unpaired) electrons. The van der Waals surface area contributed by atoms with Gasteiger partial charge in [0.2, 0.25) is 5.91 Å². The third-order valence-electron chi connectivity index (χ3n) is 3.49. The Hall–Kier alpha value is -2.37. The minimum Gasteiger partial charge on any atom is -0.497 e. The number of nitrogens with one attached hydrogen (secondary N) is 1. The number of benzene rings is 1. The molecule has 1 aliphatic rings. The standard InChI is InChI=1S/C14H16N4O2/c1-20-11-6-4-10(5-7-11)18-13(16-9-17-18)12-3-2-8-15-14(12)19/h4-7,9,12H,2-3,8H2,1H3,(H,15,19). The van der Waals surface area contributed by atoms with E-state index in [1.165, 1.54) is 6.33 Å². The van der Waals surface area contributed by atoms with E-state index >= 15 is 0 Å². The number of nitrogens with zero attached hydrogens (tertiary/aromatic N) is 3. The smallest absolute Gasteiger partial charge is 0.230 e. The fourth-order valence-electron chi connectivity index (χ4n) is 2.43. The van der Waals surface area contributed by atoms with Gasteiger partial charge in [0.1, 0.15) is 17.9 Å². The van der Waals surface area contributed by atoms with E-state index in [-0.39, 0.29) is 11.8 Å². The molecule has 1 saturated heterocycles. The lowest BCUT2D eigenvalue weighted by Crippen LogP contribution is -2.36. The lowest BCUT2D eigenvalue weighted by atomic mass is 9.98.